The Morgan fingerprint density at radius 1 is 1.15 bits per heavy atom. The fraction of sp³-hybridized carbons (Fsp3) is 0.167. The monoisotopic (exact) mass is 413 g/mol. The van der Waals surface area contributed by atoms with Crippen molar-refractivity contribution in [2.45, 2.75) is 30.0 Å². The molecule has 1 amide bonds. The lowest BCUT2D eigenvalue weighted by Crippen LogP contribution is -2.12. The number of aromatic nitrogens is 4. The Labute approximate surface area is 168 Å². The van der Waals surface area contributed by atoms with Crippen molar-refractivity contribution >= 4 is 56.2 Å². The minimum absolute atomic E-state index is 0.141. The van der Waals surface area contributed by atoms with Gasteiger partial charge in [-0.05, 0) is 38.5 Å². The summed E-state index contributed by atoms with van der Waals surface area (Å²) in [6, 6.07) is 7.68. The largest absolute Gasteiger partial charge is 0.320 e. The molecule has 0 saturated carbocycles. The average molecular weight is 414 g/mol. The van der Waals surface area contributed by atoms with Crippen LogP contribution in [0.15, 0.2) is 39.0 Å². The molecule has 0 saturated heterocycles. The summed E-state index contributed by atoms with van der Waals surface area (Å²) in [5.74, 6) is 0.574. The number of rotatable bonds is 4. The van der Waals surface area contributed by atoms with Crippen LogP contribution in [0.1, 0.15) is 26.8 Å². The molecule has 27 heavy (non-hydrogen) atoms. The lowest BCUT2D eigenvalue weighted by molar-refractivity contribution is 0.103. The average Bonchev–Trinajstić information content (AvgIpc) is 3.24. The maximum atomic E-state index is 13.0. The molecule has 9 heteroatoms. The number of amides is 1. The zero-order valence-electron chi connectivity index (χ0n) is 14.8. The van der Waals surface area contributed by atoms with Crippen LogP contribution in [0.2, 0.25) is 0 Å². The molecule has 1 aromatic carbocycles. The highest BCUT2D eigenvalue weighted by Gasteiger charge is 2.19. The fourth-order valence-electron chi connectivity index (χ4n) is 2.83. The summed E-state index contributed by atoms with van der Waals surface area (Å²) in [7, 11) is 0. The van der Waals surface area contributed by atoms with Crippen LogP contribution in [0.25, 0.3) is 10.2 Å². The van der Waals surface area contributed by atoms with Crippen LogP contribution in [0, 0.1) is 20.8 Å². The minimum Gasteiger partial charge on any atom is -0.320 e. The summed E-state index contributed by atoms with van der Waals surface area (Å²) in [5, 5.41) is 11.9. The van der Waals surface area contributed by atoms with Gasteiger partial charge < -0.3 is 5.32 Å². The first-order valence-electron chi connectivity index (χ1n) is 8.11. The second kappa shape index (κ2) is 7.34. The number of hydrogen-bond acceptors (Lipinski definition) is 8. The van der Waals surface area contributed by atoms with E-state index in [1.165, 1.54) is 34.4 Å². The van der Waals surface area contributed by atoms with Crippen LogP contribution in [0.3, 0.4) is 0 Å². The lowest BCUT2D eigenvalue weighted by Gasteiger charge is -2.09. The van der Waals surface area contributed by atoms with E-state index in [2.05, 4.69) is 25.5 Å². The number of carbonyl (C=O) groups excluding carboxylic acids is 1. The Morgan fingerprint density at radius 2 is 1.96 bits per heavy atom. The molecule has 0 atom stereocenters. The summed E-state index contributed by atoms with van der Waals surface area (Å²) in [6.07, 6.45) is 0. The Kier molecular flexibility index (Phi) is 4.90. The molecular formula is C18H15N5OS3. The number of carbonyl (C=O) groups is 1. The molecule has 136 valence electrons. The quantitative estimate of drug-likeness (QED) is 0.514. The van der Waals surface area contributed by atoms with E-state index in [0.29, 0.717) is 10.7 Å². The van der Waals surface area contributed by atoms with Gasteiger partial charge >= 0.3 is 0 Å². The van der Waals surface area contributed by atoms with Crippen molar-refractivity contribution in [3.63, 3.8) is 0 Å². The molecule has 0 aliphatic heterocycles. The molecule has 0 radical (unpaired) electrons. The molecule has 0 bridgehead atoms. The zero-order chi connectivity index (χ0) is 19.0. The maximum absolute atomic E-state index is 13.0. The molecule has 4 aromatic rings. The van der Waals surface area contributed by atoms with Gasteiger partial charge in [0.1, 0.15) is 16.2 Å². The molecule has 0 unspecified atom stereocenters. The van der Waals surface area contributed by atoms with E-state index in [9.17, 15) is 4.79 Å². The second-order valence-electron chi connectivity index (χ2n) is 5.85. The van der Waals surface area contributed by atoms with E-state index in [4.69, 9.17) is 0 Å². The Hall–Kier alpha value is -2.36. The highest BCUT2D eigenvalue weighted by molar-refractivity contribution is 8.01. The van der Waals surface area contributed by atoms with Gasteiger partial charge in [-0.15, -0.1) is 21.5 Å². The molecule has 3 heterocycles. The van der Waals surface area contributed by atoms with Crippen molar-refractivity contribution in [3.8, 4) is 0 Å². The lowest BCUT2D eigenvalue weighted by atomic mass is 10.1. The SMILES string of the molecule is Cc1nc(C)c2c(C)c(C(=O)Nc3ccccc3Sc3nncs3)sc2n1. The number of nitrogens with one attached hydrogen (secondary N) is 1. The third-order valence-corrected chi connectivity index (χ3v) is 7.00. The molecule has 0 aliphatic carbocycles. The number of aryl methyl sites for hydroxylation is 3. The molecule has 0 fully saturated rings. The van der Waals surface area contributed by atoms with Crippen molar-refractivity contribution in [2.24, 2.45) is 0 Å². The van der Waals surface area contributed by atoms with Gasteiger partial charge in [-0.3, -0.25) is 4.79 Å². The molecule has 1 N–H and O–H groups in total. The van der Waals surface area contributed by atoms with E-state index in [-0.39, 0.29) is 5.91 Å². The minimum atomic E-state index is -0.141. The number of nitrogens with zero attached hydrogens (tertiary/aromatic N) is 4. The molecule has 3 aromatic heterocycles. The molecule has 6 nitrogen and oxygen atoms in total. The normalized spacial score (nSPS) is 11.1. The van der Waals surface area contributed by atoms with E-state index in [0.717, 1.165) is 36.4 Å². The summed E-state index contributed by atoms with van der Waals surface area (Å²) in [6.45, 7) is 5.76. The second-order valence-corrected chi connectivity index (χ2v) is 8.97. The van der Waals surface area contributed by atoms with E-state index < -0.39 is 0 Å². The Bertz CT molecular complexity index is 1140. The predicted molar refractivity (Wildman–Crippen MR) is 110 cm³/mol. The number of para-hydroxylation sites is 1. The standard InChI is InChI=1S/C18H15N5OS3/c1-9-14-10(2)20-11(3)21-17(14)27-15(9)16(24)22-12-6-4-5-7-13(12)26-18-23-19-8-25-18/h4-8H,1-3H3,(H,22,24). The number of fused-ring (bicyclic) bond motifs is 1. The number of benzene rings is 1. The first-order valence-corrected chi connectivity index (χ1v) is 10.6. The molecule has 0 aliphatic rings. The summed E-state index contributed by atoms with van der Waals surface area (Å²) >= 11 is 4.35. The first kappa shape index (κ1) is 18.0. The first-order chi connectivity index (χ1) is 13.0. The highest BCUT2D eigenvalue weighted by Crippen LogP contribution is 2.35. The number of hydrogen-bond donors (Lipinski definition) is 1. The van der Waals surface area contributed by atoms with Gasteiger partial charge in [-0.25, -0.2) is 9.97 Å². The highest BCUT2D eigenvalue weighted by atomic mass is 32.2. The van der Waals surface area contributed by atoms with E-state index in [1.54, 1.807) is 5.51 Å². The Morgan fingerprint density at radius 3 is 2.74 bits per heavy atom. The van der Waals surface area contributed by atoms with Gasteiger partial charge in [0, 0.05) is 16.0 Å². The van der Waals surface area contributed by atoms with Crippen LogP contribution in [-0.2, 0) is 0 Å². The molecular weight excluding hydrogens is 398 g/mol. The van der Waals surface area contributed by atoms with Crippen molar-refractivity contribution < 1.29 is 4.79 Å². The van der Waals surface area contributed by atoms with Crippen LogP contribution < -0.4 is 5.32 Å². The van der Waals surface area contributed by atoms with Crippen LogP contribution in [0.5, 0.6) is 0 Å². The van der Waals surface area contributed by atoms with Gasteiger partial charge in [-0.1, -0.05) is 35.2 Å². The van der Waals surface area contributed by atoms with Crippen molar-refractivity contribution in [2.75, 3.05) is 5.32 Å². The fourth-order valence-corrected chi connectivity index (χ4v) is 5.52. The summed E-state index contributed by atoms with van der Waals surface area (Å²) < 4.78 is 0.830. The smallest absolute Gasteiger partial charge is 0.266 e. The predicted octanol–water partition coefficient (Wildman–Crippen LogP) is 4.87. The summed E-state index contributed by atoms with van der Waals surface area (Å²) in [4.78, 5) is 24.3. The van der Waals surface area contributed by atoms with Crippen LogP contribution in [0.4, 0.5) is 5.69 Å². The van der Waals surface area contributed by atoms with Gasteiger partial charge in [0.2, 0.25) is 0 Å². The molecule has 0 spiro atoms. The topological polar surface area (TPSA) is 80.7 Å². The van der Waals surface area contributed by atoms with E-state index in [1.807, 2.05) is 45.0 Å². The number of anilines is 1. The Balaban J connectivity index is 1.66. The van der Waals surface area contributed by atoms with Crippen LogP contribution in [-0.4, -0.2) is 26.1 Å². The zero-order valence-corrected chi connectivity index (χ0v) is 17.3. The third kappa shape index (κ3) is 3.58. The van der Waals surface area contributed by atoms with Crippen molar-refractivity contribution in [1.82, 2.24) is 20.2 Å². The third-order valence-electron chi connectivity index (χ3n) is 3.96. The van der Waals surface area contributed by atoms with Gasteiger partial charge in [-0.2, -0.15) is 0 Å². The van der Waals surface area contributed by atoms with Gasteiger partial charge in [0.05, 0.1) is 10.6 Å². The maximum Gasteiger partial charge on any atom is 0.266 e. The van der Waals surface area contributed by atoms with Crippen molar-refractivity contribution in [3.05, 3.63) is 51.7 Å². The van der Waals surface area contributed by atoms with Gasteiger partial charge in [0.15, 0.2) is 4.34 Å². The van der Waals surface area contributed by atoms with Crippen LogP contribution >= 0.6 is 34.4 Å². The van der Waals surface area contributed by atoms with E-state index >= 15 is 0 Å². The summed E-state index contributed by atoms with van der Waals surface area (Å²) in [5.41, 5.74) is 4.26. The van der Waals surface area contributed by atoms with Gasteiger partial charge in [0.25, 0.3) is 5.91 Å². The number of thiophene rings is 1. The molecule has 4 rings (SSSR count). The van der Waals surface area contributed by atoms with Crippen molar-refractivity contribution in [1.29, 1.82) is 0 Å².